The molecule has 0 aromatic heterocycles. The molecule has 2 aromatic carbocycles. The second kappa shape index (κ2) is 6.53. The summed E-state index contributed by atoms with van der Waals surface area (Å²) in [6.45, 7) is 0.732. The fourth-order valence-electron chi connectivity index (χ4n) is 2.74. The van der Waals surface area contributed by atoms with Crippen LogP contribution in [0.3, 0.4) is 0 Å². The third kappa shape index (κ3) is 3.69. The zero-order valence-electron chi connectivity index (χ0n) is 12.2. The third-order valence-electron chi connectivity index (χ3n) is 4.00. The van der Waals surface area contributed by atoms with Crippen LogP contribution in [0.5, 0.6) is 5.75 Å². The standard InChI is InChI=1S/C18H22N2O/c19-18-8-4-1-5-14(18)13-20-15-9-11-17(12-10-15)21-16-6-2-3-7-16/h1,4-5,8-12,16,20H,2-3,6-7,13,19H2. The monoisotopic (exact) mass is 282 g/mol. The lowest BCUT2D eigenvalue weighted by Gasteiger charge is -2.14. The number of hydrogen-bond acceptors (Lipinski definition) is 3. The molecule has 0 amide bonds. The van der Waals surface area contributed by atoms with Crippen LogP contribution < -0.4 is 15.8 Å². The highest BCUT2D eigenvalue weighted by molar-refractivity contribution is 5.51. The van der Waals surface area contributed by atoms with Crippen molar-refractivity contribution in [3.05, 3.63) is 54.1 Å². The molecule has 0 spiro atoms. The molecule has 0 bridgehead atoms. The second-order valence-corrected chi connectivity index (χ2v) is 5.60. The van der Waals surface area contributed by atoms with E-state index in [0.717, 1.165) is 29.2 Å². The molecule has 0 unspecified atom stereocenters. The Balaban J connectivity index is 1.55. The Morgan fingerprint density at radius 2 is 1.71 bits per heavy atom. The zero-order chi connectivity index (χ0) is 14.5. The van der Waals surface area contributed by atoms with Gasteiger partial charge in [-0.3, -0.25) is 0 Å². The van der Waals surface area contributed by atoms with Crippen molar-refractivity contribution in [3.8, 4) is 5.75 Å². The first-order valence-corrected chi connectivity index (χ1v) is 7.65. The number of anilines is 2. The summed E-state index contributed by atoms with van der Waals surface area (Å²) in [5, 5.41) is 3.39. The molecule has 0 aliphatic heterocycles. The summed E-state index contributed by atoms with van der Waals surface area (Å²) in [7, 11) is 0. The SMILES string of the molecule is Nc1ccccc1CNc1ccc(OC2CCCC2)cc1. The van der Waals surface area contributed by atoms with Crippen LogP contribution in [0.25, 0.3) is 0 Å². The molecule has 0 radical (unpaired) electrons. The highest BCUT2D eigenvalue weighted by Crippen LogP contribution is 2.25. The Morgan fingerprint density at radius 3 is 2.43 bits per heavy atom. The van der Waals surface area contributed by atoms with Crippen molar-refractivity contribution < 1.29 is 4.74 Å². The molecule has 1 aliphatic rings. The molecule has 21 heavy (non-hydrogen) atoms. The third-order valence-corrected chi connectivity index (χ3v) is 4.00. The van der Waals surface area contributed by atoms with Gasteiger partial charge in [0.1, 0.15) is 5.75 Å². The summed E-state index contributed by atoms with van der Waals surface area (Å²) in [4.78, 5) is 0. The minimum absolute atomic E-state index is 0.410. The number of hydrogen-bond donors (Lipinski definition) is 2. The average molecular weight is 282 g/mol. The van der Waals surface area contributed by atoms with Gasteiger partial charge in [0.25, 0.3) is 0 Å². The van der Waals surface area contributed by atoms with Crippen LogP contribution in [0, 0.1) is 0 Å². The number of rotatable bonds is 5. The Labute approximate surface area is 126 Å². The van der Waals surface area contributed by atoms with Gasteiger partial charge in [0.15, 0.2) is 0 Å². The Morgan fingerprint density at radius 1 is 1.00 bits per heavy atom. The minimum Gasteiger partial charge on any atom is -0.490 e. The highest BCUT2D eigenvalue weighted by Gasteiger charge is 2.16. The molecule has 0 heterocycles. The summed E-state index contributed by atoms with van der Waals surface area (Å²) in [6, 6.07) is 16.1. The first kappa shape index (κ1) is 13.8. The van der Waals surface area contributed by atoms with Crippen LogP contribution in [-0.4, -0.2) is 6.10 Å². The molecule has 3 heteroatoms. The zero-order valence-corrected chi connectivity index (χ0v) is 12.2. The van der Waals surface area contributed by atoms with Crippen molar-refractivity contribution in [1.29, 1.82) is 0 Å². The maximum absolute atomic E-state index is 5.96. The molecule has 0 atom stereocenters. The van der Waals surface area contributed by atoms with Gasteiger partial charge in [0, 0.05) is 17.9 Å². The lowest BCUT2D eigenvalue weighted by Crippen LogP contribution is -2.10. The van der Waals surface area contributed by atoms with E-state index in [2.05, 4.69) is 17.4 Å². The normalized spacial score (nSPS) is 15.0. The van der Waals surface area contributed by atoms with E-state index in [-0.39, 0.29) is 0 Å². The number of benzene rings is 2. The smallest absolute Gasteiger partial charge is 0.119 e. The molecule has 1 fully saturated rings. The molecule has 3 rings (SSSR count). The van der Waals surface area contributed by atoms with Crippen LogP contribution in [0.1, 0.15) is 31.2 Å². The van der Waals surface area contributed by atoms with Crippen LogP contribution >= 0.6 is 0 Å². The first-order chi connectivity index (χ1) is 10.3. The predicted molar refractivity (Wildman–Crippen MR) is 87.5 cm³/mol. The van der Waals surface area contributed by atoms with E-state index in [1.54, 1.807) is 0 Å². The summed E-state index contributed by atoms with van der Waals surface area (Å²) in [6.07, 6.45) is 5.37. The Kier molecular flexibility index (Phi) is 4.29. The molecule has 1 aliphatic carbocycles. The van der Waals surface area contributed by atoms with Gasteiger partial charge in [-0.25, -0.2) is 0 Å². The topological polar surface area (TPSA) is 47.3 Å². The van der Waals surface area contributed by atoms with Gasteiger partial charge in [0.2, 0.25) is 0 Å². The second-order valence-electron chi connectivity index (χ2n) is 5.60. The van der Waals surface area contributed by atoms with Gasteiger partial charge < -0.3 is 15.8 Å². The van der Waals surface area contributed by atoms with Crippen LogP contribution in [0.15, 0.2) is 48.5 Å². The predicted octanol–water partition coefficient (Wildman–Crippen LogP) is 4.20. The van der Waals surface area contributed by atoms with Crippen molar-refractivity contribution in [3.63, 3.8) is 0 Å². The maximum atomic E-state index is 5.96. The summed E-state index contributed by atoms with van der Waals surface area (Å²) < 4.78 is 5.96. The van der Waals surface area contributed by atoms with E-state index in [1.807, 2.05) is 36.4 Å². The van der Waals surface area contributed by atoms with Gasteiger partial charge in [-0.15, -0.1) is 0 Å². The van der Waals surface area contributed by atoms with Gasteiger partial charge in [-0.1, -0.05) is 18.2 Å². The van der Waals surface area contributed by atoms with Crippen molar-refractivity contribution >= 4 is 11.4 Å². The lowest BCUT2D eigenvalue weighted by molar-refractivity contribution is 0.210. The van der Waals surface area contributed by atoms with E-state index in [0.29, 0.717) is 6.10 Å². The van der Waals surface area contributed by atoms with Crippen molar-refractivity contribution in [2.45, 2.75) is 38.3 Å². The first-order valence-electron chi connectivity index (χ1n) is 7.65. The quantitative estimate of drug-likeness (QED) is 0.808. The maximum Gasteiger partial charge on any atom is 0.119 e. The Hall–Kier alpha value is -2.16. The van der Waals surface area contributed by atoms with Gasteiger partial charge in [-0.2, -0.15) is 0 Å². The molecular weight excluding hydrogens is 260 g/mol. The number of nitrogens with two attached hydrogens (primary N) is 1. The van der Waals surface area contributed by atoms with E-state index in [9.17, 15) is 0 Å². The molecule has 1 saturated carbocycles. The van der Waals surface area contributed by atoms with Crippen LogP contribution in [0.4, 0.5) is 11.4 Å². The van der Waals surface area contributed by atoms with E-state index in [4.69, 9.17) is 10.5 Å². The molecule has 0 saturated heterocycles. The largest absolute Gasteiger partial charge is 0.490 e. The molecule has 3 nitrogen and oxygen atoms in total. The van der Waals surface area contributed by atoms with Crippen LogP contribution in [-0.2, 0) is 6.54 Å². The summed E-state index contributed by atoms with van der Waals surface area (Å²) in [5.41, 5.74) is 8.96. The number of nitrogen functional groups attached to an aromatic ring is 1. The molecule has 3 N–H and O–H groups in total. The van der Waals surface area contributed by atoms with E-state index < -0.39 is 0 Å². The lowest BCUT2D eigenvalue weighted by atomic mass is 10.2. The molecule has 2 aromatic rings. The average Bonchev–Trinajstić information content (AvgIpc) is 3.01. The number of ether oxygens (including phenoxy) is 1. The Bertz CT molecular complexity index is 574. The highest BCUT2D eigenvalue weighted by atomic mass is 16.5. The summed E-state index contributed by atoms with van der Waals surface area (Å²) >= 11 is 0. The van der Waals surface area contributed by atoms with E-state index >= 15 is 0 Å². The summed E-state index contributed by atoms with van der Waals surface area (Å²) in [5.74, 6) is 0.965. The molecular formula is C18H22N2O. The van der Waals surface area contributed by atoms with Gasteiger partial charge in [-0.05, 0) is 61.6 Å². The van der Waals surface area contributed by atoms with Crippen molar-refractivity contribution in [2.75, 3.05) is 11.1 Å². The number of para-hydroxylation sites is 1. The van der Waals surface area contributed by atoms with Gasteiger partial charge in [0.05, 0.1) is 6.10 Å². The van der Waals surface area contributed by atoms with Gasteiger partial charge >= 0.3 is 0 Å². The minimum atomic E-state index is 0.410. The fraction of sp³-hybridized carbons (Fsp3) is 0.333. The van der Waals surface area contributed by atoms with E-state index in [1.165, 1.54) is 25.7 Å². The fourth-order valence-corrected chi connectivity index (χ4v) is 2.74. The van der Waals surface area contributed by atoms with Crippen LogP contribution in [0.2, 0.25) is 0 Å². The molecule has 110 valence electrons. The number of nitrogens with one attached hydrogen (secondary N) is 1. The van der Waals surface area contributed by atoms with Crippen molar-refractivity contribution in [1.82, 2.24) is 0 Å². The van der Waals surface area contributed by atoms with Crippen molar-refractivity contribution in [2.24, 2.45) is 0 Å².